The maximum atomic E-state index is 2.46. The van der Waals surface area contributed by atoms with Gasteiger partial charge in [-0.3, -0.25) is 0 Å². The molecule has 0 fully saturated rings. The Morgan fingerprint density at radius 3 is 0.956 bits per heavy atom. The van der Waals surface area contributed by atoms with Gasteiger partial charge in [0.2, 0.25) is 0 Å². The van der Waals surface area contributed by atoms with Gasteiger partial charge in [0.1, 0.15) is 0 Å². The normalized spacial score (nSPS) is 12.0. The summed E-state index contributed by atoms with van der Waals surface area (Å²) in [5.74, 6) is 0. The zero-order valence-corrected chi connectivity index (χ0v) is 26.1. The Bertz CT molecular complexity index is 2620. The second-order valence-corrected chi connectivity index (χ2v) is 14.1. The Labute approximate surface area is 266 Å². The number of hydrogen-bond donors (Lipinski definition) is 0. The average Bonchev–Trinajstić information content (AvgIpc) is 3.52. The van der Waals surface area contributed by atoms with Crippen LogP contribution in [0.15, 0.2) is 158 Å². The number of rotatable bonds is 2. The molecule has 0 atom stereocenters. The summed E-state index contributed by atoms with van der Waals surface area (Å²) in [6, 6.07) is 58.8. The van der Waals surface area contributed by atoms with Gasteiger partial charge in [-0.15, -0.1) is 0 Å². The van der Waals surface area contributed by atoms with Gasteiger partial charge in [-0.1, -0.05) is 0 Å². The summed E-state index contributed by atoms with van der Waals surface area (Å²) in [5.41, 5.74) is 2.73. The van der Waals surface area contributed by atoms with E-state index in [1.165, 1.54) is 95.4 Å². The second-order valence-electron chi connectivity index (χ2n) is 12.0. The second kappa shape index (κ2) is 9.65. The Balaban J connectivity index is 1.46. The molecule has 10 aromatic rings. The predicted octanol–water partition coefficient (Wildman–Crippen LogP) is 12.1. The first kappa shape index (κ1) is 25.2. The Hall–Kier alpha value is -5.20. The van der Waals surface area contributed by atoms with Crippen LogP contribution >= 0.6 is 0 Å². The third kappa shape index (κ3) is 3.60. The number of hydrogen-bond acceptors (Lipinski definition) is 0. The van der Waals surface area contributed by atoms with Crippen LogP contribution in [0.4, 0.5) is 0 Å². The van der Waals surface area contributed by atoms with Crippen molar-refractivity contribution in [3.05, 3.63) is 158 Å². The van der Waals surface area contributed by atoms with E-state index >= 15 is 0 Å². The van der Waals surface area contributed by atoms with Gasteiger partial charge in [0, 0.05) is 0 Å². The van der Waals surface area contributed by atoms with Crippen molar-refractivity contribution in [1.29, 1.82) is 0 Å². The van der Waals surface area contributed by atoms with Crippen molar-refractivity contribution in [2.45, 2.75) is 0 Å². The molecule has 10 rings (SSSR count). The van der Waals surface area contributed by atoms with Gasteiger partial charge in [0.25, 0.3) is 0 Å². The molecule has 0 aliphatic rings. The first-order valence-electron chi connectivity index (χ1n) is 15.5. The molecule has 0 saturated heterocycles. The topological polar surface area (TPSA) is 0 Å². The van der Waals surface area contributed by atoms with Crippen molar-refractivity contribution in [2.24, 2.45) is 0 Å². The van der Waals surface area contributed by atoms with E-state index < -0.39 is 0 Å². The third-order valence-corrected chi connectivity index (χ3v) is 12.3. The van der Waals surface area contributed by atoms with Crippen LogP contribution in [-0.4, -0.2) is 14.5 Å². The summed E-state index contributed by atoms with van der Waals surface area (Å²) >= 11 is 0.0612. The average molecular weight is 634 g/mol. The fourth-order valence-electron chi connectivity index (χ4n) is 7.68. The monoisotopic (exact) mass is 634 g/mol. The zero-order valence-electron chi connectivity index (χ0n) is 24.4. The molecule has 0 saturated carbocycles. The molecule has 45 heavy (non-hydrogen) atoms. The van der Waals surface area contributed by atoms with E-state index in [1.807, 2.05) is 0 Å². The van der Waals surface area contributed by atoms with Crippen molar-refractivity contribution in [1.82, 2.24) is 0 Å². The fourth-order valence-corrected chi connectivity index (χ4v) is 10.6. The SMILES string of the molecule is c1ccc2c(c1)cc(-c1[se]c(-c3cc4ccccc4c4ccccc34)c3c4ccccc4c4ccccc4c13)c1ccccc12. The zero-order chi connectivity index (χ0) is 29.5. The minimum absolute atomic E-state index is 0.0612. The first-order chi connectivity index (χ1) is 22.3. The summed E-state index contributed by atoms with van der Waals surface area (Å²) < 4.78 is 2.96. The summed E-state index contributed by atoms with van der Waals surface area (Å²) in [6.45, 7) is 0. The Morgan fingerprint density at radius 2 is 0.556 bits per heavy atom. The molecular formula is C44H26Se. The van der Waals surface area contributed by atoms with Gasteiger partial charge in [-0.25, -0.2) is 0 Å². The molecule has 0 amide bonds. The van der Waals surface area contributed by atoms with Crippen LogP contribution in [0.25, 0.3) is 95.4 Å². The molecule has 9 aromatic carbocycles. The standard InChI is InChI=1S/C44H26Se/c1-3-15-29-27(13-1)25-39(35-21-7-5-17-31(29)35)43-41-37-23-11-9-19-33(37)34-20-10-12-24-38(34)42(41)44(45-43)40-26-28-14-2-4-16-30(28)32-18-6-8-22-36(32)40/h1-26H. The minimum atomic E-state index is 0.0612. The molecule has 1 heterocycles. The third-order valence-electron chi connectivity index (χ3n) is 9.62. The Kier molecular flexibility index (Phi) is 5.39. The molecule has 1 aromatic heterocycles. The summed E-state index contributed by atoms with van der Waals surface area (Å²) in [5, 5.41) is 18.7. The number of fused-ring (bicyclic) bond motifs is 12. The van der Waals surface area contributed by atoms with Crippen LogP contribution in [0.3, 0.4) is 0 Å². The molecule has 0 aliphatic carbocycles. The van der Waals surface area contributed by atoms with Crippen LogP contribution in [0, 0.1) is 0 Å². The molecule has 0 spiro atoms. The van der Waals surface area contributed by atoms with Gasteiger partial charge in [0.15, 0.2) is 0 Å². The molecular weight excluding hydrogens is 607 g/mol. The number of benzene rings is 9. The van der Waals surface area contributed by atoms with Crippen molar-refractivity contribution in [3.8, 4) is 20.0 Å². The molecule has 0 N–H and O–H groups in total. The Morgan fingerprint density at radius 1 is 0.267 bits per heavy atom. The molecule has 0 unspecified atom stereocenters. The quantitative estimate of drug-likeness (QED) is 0.131. The first-order valence-corrected chi connectivity index (χ1v) is 17.2. The van der Waals surface area contributed by atoms with E-state index in [0.29, 0.717) is 0 Å². The molecule has 0 radical (unpaired) electrons. The van der Waals surface area contributed by atoms with E-state index in [9.17, 15) is 0 Å². The molecule has 1 heteroatoms. The maximum absolute atomic E-state index is 2.46. The van der Waals surface area contributed by atoms with Gasteiger partial charge in [0.05, 0.1) is 0 Å². The van der Waals surface area contributed by atoms with Gasteiger partial charge >= 0.3 is 268 Å². The molecule has 208 valence electrons. The predicted molar refractivity (Wildman–Crippen MR) is 197 cm³/mol. The van der Waals surface area contributed by atoms with Crippen molar-refractivity contribution < 1.29 is 0 Å². The summed E-state index contributed by atoms with van der Waals surface area (Å²) in [6.07, 6.45) is 0. The van der Waals surface area contributed by atoms with Crippen LogP contribution in [0.2, 0.25) is 0 Å². The van der Waals surface area contributed by atoms with E-state index in [0.717, 1.165) is 0 Å². The van der Waals surface area contributed by atoms with Crippen LogP contribution in [-0.2, 0) is 0 Å². The fraction of sp³-hybridized carbons (Fsp3) is 0. The molecule has 0 bridgehead atoms. The van der Waals surface area contributed by atoms with Crippen LogP contribution in [0.5, 0.6) is 0 Å². The van der Waals surface area contributed by atoms with Crippen LogP contribution < -0.4 is 0 Å². The van der Waals surface area contributed by atoms with Gasteiger partial charge in [-0.2, -0.15) is 0 Å². The van der Waals surface area contributed by atoms with Crippen molar-refractivity contribution in [2.75, 3.05) is 0 Å². The van der Waals surface area contributed by atoms with E-state index in [-0.39, 0.29) is 14.5 Å². The van der Waals surface area contributed by atoms with Crippen molar-refractivity contribution in [3.63, 3.8) is 0 Å². The van der Waals surface area contributed by atoms with Crippen LogP contribution in [0.1, 0.15) is 0 Å². The van der Waals surface area contributed by atoms with Crippen molar-refractivity contribution >= 4 is 89.9 Å². The van der Waals surface area contributed by atoms with E-state index in [2.05, 4.69) is 158 Å². The summed E-state index contributed by atoms with van der Waals surface area (Å²) in [4.78, 5) is 0. The van der Waals surface area contributed by atoms with E-state index in [1.54, 1.807) is 0 Å². The van der Waals surface area contributed by atoms with Gasteiger partial charge in [-0.05, 0) is 0 Å². The summed E-state index contributed by atoms with van der Waals surface area (Å²) in [7, 11) is 0. The molecule has 0 nitrogen and oxygen atoms in total. The molecule has 0 aliphatic heterocycles. The van der Waals surface area contributed by atoms with E-state index in [4.69, 9.17) is 0 Å². The van der Waals surface area contributed by atoms with Gasteiger partial charge < -0.3 is 0 Å².